The predicted octanol–water partition coefficient (Wildman–Crippen LogP) is 5.31. The zero-order valence-corrected chi connectivity index (χ0v) is 18.5. The van der Waals surface area contributed by atoms with Crippen LogP contribution in [0.1, 0.15) is 43.8 Å². The van der Waals surface area contributed by atoms with Crippen LogP contribution in [0.15, 0.2) is 71.7 Å². The zero-order valence-electron chi connectivity index (χ0n) is 18.5. The molecule has 0 fully saturated rings. The van der Waals surface area contributed by atoms with Gasteiger partial charge in [-0.1, -0.05) is 12.1 Å². The van der Waals surface area contributed by atoms with Gasteiger partial charge in [0.2, 0.25) is 0 Å². The molecule has 0 saturated heterocycles. The van der Waals surface area contributed by atoms with Gasteiger partial charge in [-0.15, -0.1) is 0 Å². The maximum absolute atomic E-state index is 15.4. The highest BCUT2D eigenvalue weighted by Gasteiger charge is 2.43. The van der Waals surface area contributed by atoms with E-state index in [1.807, 2.05) is 56.3 Å². The second kappa shape index (κ2) is 8.37. The Labute approximate surface area is 186 Å². The first kappa shape index (κ1) is 21.4. The molecule has 2 aromatic heterocycles. The third kappa shape index (κ3) is 3.68. The highest BCUT2D eigenvalue weighted by atomic mass is 19.1. The summed E-state index contributed by atoms with van der Waals surface area (Å²) < 4.78 is 15.4. The summed E-state index contributed by atoms with van der Waals surface area (Å²) in [6.45, 7) is 5.73. The molecule has 0 radical (unpaired) electrons. The van der Waals surface area contributed by atoms with Crippen molar-refractivity contribution < 1.29 is 4.39 Å². The molecular weight excluding hydrogens is 405 g/mol. The third-order valence-electron chi connectivity index (χ3n) is 5.62. The van der Waals surface area contributed by atoms with Crippen molar-refractivity contribution in [2.75, 3.05) is 17.3 Å². The molecule has 8 heteroatoms. The molecule has 3 heterocycles. The molecule has 0 spiro atoms. The van der Waals surface area contributed by atoms with Crippen molar-refractivity contribution in [3.63, 3.8) is 0 Å². The number of halogens is 1. The number of rotatable bonds is 6. The first-order valence-corrected chi connectivity index (χ1v) is 10.4. The van der Waals surface area contributed by atoms with Gasteiger partial charge in [-0.25, -0.2) is 9.92 Å². The number of nitrogens with one attached hydrogen (secondary N) is 3. The van der Waals surface area contributed by atoms with Gasteiger partial charge in [-0.05, 0) is 57.2 Å². The van der Waals surface area contributed by atoms with Crippen LogP contribution in [0, 0.1) is 11.3 Å². The van der Waals surface area contributed by atoms with E-state index in [9.17, 15) is 0 Å². The fraction of sp³-hybridized carbons (Fsp3) is 0.250. The van der Waals surface area contributed by atoms with E-state index in [2.05, 4.69) is 30.6 Å². The maximum Gasteiger partial charge on any atom is 0.149 e. The van der Waals surface area contributed by atoms with Crippen LogP contribution < -0.4 is 15.5 Å². The van der Waals surface area contributed by atoms with E-state index in [4.69, 9.17) is 5.53 Å². The lowest BCUT2D eigenvalue weighted by molar-refractivity contribution is 0.493. The molecule has 32 heavy (non-hydrogen) atoms. The number of anilines is 2. The Bertz CT molecular complexity index is 1120. The lowest BCUT2D eigenvalue weighted by Crippen LogP contribution is -2.48. The Kier molecular flexibility index (Phi) is 5.61. The van der Waals surface area contributed by atoms with Crippen molar-refractivity contribution in [3.05, 3.63) is 89.4 Å². The van der Waals surface area contributed by atoms with E-state index in [0.717, 1.165) is 11.4 Å². The summed E-state index contributed by atoms with van der Waals surface area (Å²) in [6.07, 6.45) is 3.50. The highest BCUT2D eigenvalue weighted by molar-refractivity contribution is 5.83. The largest absolute Gasteiger partial charge is 0.386 e. The minimum absolute atomic E-state index is 0.347. The molecule has 164 valence electrons. The minimum atomic E-state index is -0.625. The Morgan fingerprint density at radius 2 is 1.75 bits per heavy atom. The van der Waals surface area contributed by atoms with E-state index in [-0.39, 0.29) is 11.9 Å². The van der Waals surface area contributed by atoms with E-state index in [0.29, 0.717) is 28.3 Å². The van der Waals surface area contributed by atoms with E-state index < -0.39 is 5.66 Å². The van der Waals surface area contributed by atoms with Gasteiger partial charge in [0.15, 0.2) is 0 Å². The summed E-state index contributed by atoms with van der Waals surface area (Å²) in [4.78, 5) is 11.3. The summed E-state index contributed by atoms with van der Waals surface area (Å²) >= 11 is 0. The zero-order chi connectivity index (χ0) is 22.9. The molecule has 3 N–H and O–H groups in total. The lowest BCUT2D eigenvalue weighted by Gasteiger charge is -2.39. The van der Waals surface area contributed by atoms with Gasteiger partial charge in [0, 0.05) is 25.0 Å². The van der Waals surface area contributed by atoms with Gasteiger partial charge in [0.05, 0.1) is 34.2 Å². The SMILES string of the molecule is CN/C(=C(/C)N=N)c1cc(F)c2c(c1)N(C(c1ccccn1)c1ccccn1)C(C)(C)N2. The first-order chi connectivity index (χ1) is 15.4. The topological polar surface area (TPSA) is 89.3 Å². The molecule has 0 aliphatic carbocycles. The van der Waals surface area contributed by atoms with Crippen LogP contribution >= 0.6 is 0 Å². The van der Waals surface area contributed by atoms with Crippen molar-refractivity contribution >= 4 is 17.1 Å². The molecule has 0 atom stereocenters. The van der Waals surface area contributed by atoms with E-state index in [1.54, 1.807) is 26.4 Å². The highest BCUT2D eigenvalue weighted by Crippen LogP contribution is 2.48. The minimum Gasteiger partial charge on any atom is -0.386 e. The second-order valence-electron chi connectivity index (χ2n) is 8.14. The fourth-order valence-electron chi connectivity index (χ4n) is 4.26. The lowest BCUT2D eigenvalue weighted by atomic mass is 10.0. The number of aromatic nitrogens is 2. The number of hydrogen-bond acceptors (Lipinski definition) is 7. The average Bonchev–Trinajstić information content (AvgIpc) is 3.07. The maximum atomic E-state index is 15.4. The fourth-order valence-corrected chi connectivity index (χ4v) is 4.26. The molecule has 0 unspecified atom stereocenters. The van der Waals surface area contributed by atoms with Crippen molar-refractivity contribution in [1.82, 2.24) is 15.3 Å². The summed E-state index contributed by atoms with van der Waals surface area (Å²) in [6, 6.07) is 14.6. The van der Waals surface area contributed by atoms with Crippen LogP contribution in [-0.4, -0.2) is 22.7 Å². The normalized spacial score (nSPS) is 15.1. The number of hydrogen-bond donors (Lipinski definition) is 3. The smallest absolute Gasteiger partial charge is 0.149 e. The van der Waals surface area contributed by atoms with Crippen LogP contribution in [0.4, 0.5) is 15.8 Å². The Balaban J connectivity index is 1.96. The van der Waals surface area contributed by atoms with Crippen LogP contribution in [0.2, 0.25) is 0 Å². The van der Waals surface area contributed by atoms with Crippen molar-refractivity contribution in [2.45, 2.75) is 32.5 Å². The van der Waals surface area contributed by atoms with Crippen molar-refractivity contribution in [1.29, 1.82) is 5.53 Å². The molecule has 4 rings (SSSR count). The third-order valence-corrected chi connectivity index (χ3v) is 5.62. The molecule has 1 aliphatic heterocycles. The van der Waals surface area contributed by atoms with Gasteiger partial charge in [-0.3, -0.25) is 9.97 Å². The van der Waals surface area contributed by atoms with E-state index in [1.165, 1.54) is 6.07 Å². The van der Waals surface area contributed by atoms with Gasteiger partial charge in [-0.2, -0.15) is 5.11 Å². The quantitative estimate of drug-likeness (QED) is 0.460. The number of allylic oxidation sites excluding steroid dienone is 1. The number of pyridine rings is 2. The van der Waals surface area contributed by atoms with Gasteiger partial charge in [0.25, 0.3) is 0 Å². The van der Waals surface area contributed by atoms with Gasteiger partial charge >= 0.3 is 0 Å². The van der Waals surface area contributed by atoms with Crippen LogP contribution in [0.3, 0.4) is 0 Å². The summed E-state index contributed by atoms with van der Waals surface area (Å²) in [5.41, 5.74) is 11.2. The standard InChI is InChI=1S/C24H26FN7/c1-15(31-26)21(27-4)16-13-17(25)22-20(14-16)32(24(2,3)30-22)23(18-9-5-7-11-28-18)19-10-6-8-12-29-19/h5-14,23,26-27,30H,1-4H3/b21-15-,31-26?. The second-order valence-corrected chi connectivity index (χ2v) is 8.14. The van der Waals surface area contributed by atoms with Crippen molar-refractivity contribution in [2.24, 2.45) is 5.11 Å². The van der Waals surface area contributed by atoms with Crippen LogP contribution in [0.5, 0.6) is 0 Å². The van der Waals surface area contributed by atoms with Crippen molar-refractivity contribution in [3.8, 4) is 0 Å². The Morgan fingerprint density at radius 3 is 2.25 bits per heavy atom. The Hall–Kier alpha value is -3.81. The number of benzene rings is 1. The Morgan fingerprint density at radius 1 is 1.12 bits per heavy atom. The molecule has 1 aliphatic rings. The number of fused-ring (bicyclic) bond motifs is 1. The van der Waals surface area contributed by atoms with Crippen LogP contribution in [-0.2, 0) is 0 Å². The van der Waals surface area contributed by atoms with Gasteiger partial charge in [0.1, 0.15) is 17.5 Å². The molecular formula is C24H26FN7. The molecule has 0 saturated carbocycles. The summed E-state index contributed by atoms with van der Waals surface area (Å²) in [5, 5.41) is 9.92. The first-order valence-electron chi connectivity index (χ1n) is 10.4. The predicted molar refractivity (Wildman–Crippen MR) is 124 cm³/mol. The van der Waals surface area contributed by atoms with Crippen LogP contribution in [0.25, 0.3) is 5.70 Å². The summed E-state index contributed by atoms with van der Waals surface area (Å²) in [7, 11) is 1.74. The molecule has 0 amide bonds. The van der Waals surface area contributed by atoms with Gasteiger partial charge < -0.3 is 15.5 Å². The molecule has 0 bridgehead atoms. The molecule has 7 nitrogen and oxygen atoms in total. The molecule has 3 aromatic rings. The monoisotopic (exact) mass is 431 g/mol. The molecule has 1 aromatic carbocycles. The average molecular weight is 432 g/mol. The number of nitrogens with zero attached hydrogens (tertiary/aromatic N) is 4. The summed E-state index contributed by atoms with van der Waals surface area (Å²) in [5.74, 6) is -0.376. The van der Waals surface area contributed by atoms with E-state index >= 15 is 4.39 Å².